The van der Waals surface area contributed by atoms with E-state index in [1.807, 2.05) is 12.3 Å². The molecule has 1 fully saturated rings. The number of aliphatic hydroxyl groups excluding tert-OH is 1. The van der Waals surface area contributed by atoms with Gasteiger partial charge in [-0.05, 0) is 42.2 Å². The monoisotopic (exact) mass is 248 g/mol. The van der Waals surface area contributed by atoms with Crippen LogP contribution in [0, 0.1) is 5.41 Å². The molecule has 3 nitrogen and oxygen atoms in total. The van der Waals surface area contributed by atoms with Gasteiger partial charge in [-0.1, -0.05) is 0 Å². The zero-order valence-corrected chi connectivity index (χ0v) is 10.5. The molecule has 90 valence electrons. The summed E-state index contributed by atoms with van der Waals surface area (Å²) in [6.07, 6.45) is 5.20. The smallest absolute Gasteiger partial charge is 0.134 e. The third-order valence-electron chi connectivity index (χ3n) is 3.61. The molecule has 0 atom stereocenters. The Balaban J connectivity index is 1.75. The first kappa shape index (κ1) is 11.0. The molecule has 4 heteroatoms. The second-order valence-electron chi connectivity index (χ2n) is 4.82. The van der Waals surface area contributed by atoms with Crippen LogP contribution < -0.4 is 5.32 Å². The van der Waals surface area contributed by atoms with Crippen molar-refractivity contribution >= 4 is 27.2 Å². The molecule has 0 spiro atoms. The van der Waals surface area contributed by atoms with E-state index in [0.29, 0.717) is 5.41 Å². The number of anilines is 1. The summed E-state index contributed by atoms with van der Waals surface area (Å²) in [7, 11) is 0. The van der Waals surface area contributed by atoms with Gasteiger partial charge in [-0.25, -0.2) is 4.98 Å². The molecule has 0 aromatic carbocycles. The van der Waals surface area contributed by atoms with Gasteiger partial charge in [0.2, 0.25) is 0 Å². The third kappa shape index (κ3) is 2.15. The summed E-state index contributed by atoms with van der Waals surface area (Å²) in [6, 6.07) is 4.16. The number of hydrogen-bond acceptors (Lipinski definition) is 4. The number of hydrogen-bond donors (Lipinski definition) is 2. The van der Waals surface area contributed by atoms with Crippen LogP contribution in [0.4, 0.5) is 5.82 Å². The van der Waals surface area contributed by atoms with Gasteiger partial charge in [0, 0.05) is 29.4 Å². The predicted octanol–water partition coefficient (Wildman–Crippen LogP) is 2.87. The second kappa shape index (κ2) is 4.27. The minimum Gasteiger partial charge on any atom is -0.396 e. The molecular formula is C13H16N2OS. The predicted molar refractivity (Wildman–Crippen MR) is 71.5 cm³/mol. The molecule has 2 heterocycles. The van der Waals surface area contributed by atoms with E-state index in [-0.39, 0.29) is 6.61 Å². The maximum Gasteiger partial charge on any atom is 0.134 e. The molecule has 2 aromatic rings. The van der Waals surface area contributed by atoms with Gasteiger partial charge in [0.05, 0.1) is 0 Å². The zero-order chi connectivity index (χ0) is 11.7. The Kier molecular flexibility index (Phi) is 2.76. The molecular weight excluding hydrogens is 232 g/mol. The summed E-state index contributed by atoms with van der Waals surface area (Å²) in [5.41, 5.74) is 0.328. The van der Waals surface area contributed by atoms with Crippen LogP contribution in [0.2, 0.25) is 0 Å². The van der Waals surface area contributed by atoms with Gasteiger partial charge in [0.1, 0.15) is 5.82 Å². The van der Waals surface area contributed by atoms with Crippen molar-refractivity contribution in [3.63, 3.8) is 0 Å². The van der Waals surface area contributed by atoms with Crippen LogP contribution in [0.25, 0.3) is 10.1 Å². The standard InChI is InChI=1S/C13H16N2OS/c16-7-5-13(3-4-13)9-15-12-10-2-8-17-11(10)1-6-14-12/h1-2,6,8,16H,3-5,7,9H2,(H,14,15). The molecule has 1 saturated carbocycles. The van der Waals surface area contributed by atoms with Crippen LogP contribution in [-0.4, -0.2) is 23.2 Å². The van der Waals surface area contributed by atoms with Crippen LogP contribution in [0.1, 0.15) is 19.3 Å². The molecule has 2 aromatic heterocycles. The van der Waals surface area contributed by atoms with Crippen LogP contribution in [0.5, 0.6) is 0 Å². The Morgan fingerprint density at radius 1 is 1.41 bits per heavy atom. The average Bonchev–Trinajstić information content (AvgIpc) is 2.92. The molecule has 17 heavy (non-hydrogen) atoms. The highest BCUT2D eigenvalue weighted by Gasteiger charge is 2.41. The summed E-state index contributed by atoms with van der Waals surface area (Å²) >= 11 is 1.74. The quantitative estimate of drug-likeness (QED) is 0.855. The highest BCUT2D eigenvalue weighted by atomic mass is 32.1. The molecule has 2 N–H and O–H groups in total. The zero-order valence-electron chi connectivity index (χ0n) is 9.65. The molecule has 0 radical (unpaired) electrons. The number of rotatable bonds is 5. The Morgan fingerprint density at radius 2 is 2.29 bits per heavy atom. The summed E-state index contributed by atoms with van der Waals surface area (Å²) in [4.78, 5) is 4.40. The van der Waals surface area contributed by atoms with Crippen molar-refractivity contribution < 1.29 is 5.11 Å². The number of pyridine rings is 1. The lowest BCUT2D eigenvalue weighted by molar-refractivity contribution is 0.253. The third-order valence-corrected chi connectivity index (χ3v) is 4.49. The maximum atomic E-state index is 9.04. The lowest BCUT2D eigenvalue weighted by Gasteiger charge is -2.15. The van der Waals surface area contributed by atoms with Crippen molar-refractivity contribution in [3.8, 4) is 0 Å². The number of thiophene rings is 1. The maximum absolute atomic E-state index is 9.04. The SMILES string of the molecule is OCCC1(CNc2nccc3sccc23)CC1. The van der Waals surface area contributed by atoms with E-state index < -0.39 is 0 Å². The second-order valence-corrected chi connectivity index (χ2v) is 5.77. The van der Waals surface area contributed by atoms with Gasteiger partial charge >= 0.3 is 0 Å². The molecule has 0 unspecified atom stereocenters. The van der Waals surface area contributed by atoms with E-state index in [9.17, 15) is 0 Å². The van der Waals surface area contributed by atoms with Crippen molar-refractivity contribution in [2.24, 2.45) is 5.41 Å². The van der Waals surface area contributed by atoms with E-state index in [2.05, 4.69) is 21.7 Å². The van der Waals surface area contributed by atoms with Crippen LogP contribution >= 0.6 is 11.3 Å². The van der Waals surface area contributed by atoms with Gasteiger partial charge in [-0.2, -0.15) is 0 Å². The van der Waals surface area contributed by atoms with E-state index >= 15 is 0 Å². The fraction of sp³-hybridized carbons (Fsp3) is 0.462. The molecule has 1 aliphatic carbocycles. The van der Waals surface area contributed by atoms with E-state index in [4.69, 9.17) is 5.11 Å². The lowest BCUT2D eigenvalue weighted by Crippen LogP contribution is -2.17. The van der Waals surface area contributed by atoms with Crippen molar-refractivity contribution in [1.29, 1.82) is 0 Å². The highest BCUT2D eigenvalue weighted by Crippen LogP contribution is 2.48. The summed E-state index contributed by atoms with van der Waals surface area (Å²) in [5, 5.41) is 15.8. The number of fused-ring (bicyclic) bond motifs is 1. The highest BCUT2D eigenvalue weighted by molar-refractivity contribution is 7.17. The first-order valence-electron chi connectivity index (χ1n) is 6.00. The Labute approximate surface area is 105 Å². The fourth-order valence-electron chi connectivity index (χ4n) is 2.24. The topological polar surface area (TPSA) is 45.1 Å². The number of aliphatic hydroxyl groups is 1. The average molecular weight is 248 g/mol. The largest absolute Gasteiger partial charge is 0.396 e. The molecule has 3 rings (SSSR count). The molecule has 0 bridgehead atoms. The lowest BCUT2D eigenvalue weighted by atomic mass is 10.0. The summed E-state index contributed by atoms with van der Waals surface area (Å²) in [5.74, 6) is 0.980. The van der Waals surface area contributed by atoms with Gasteiger partial charge < -0.3 is 10.4 Å². The van der Waals surface area contributed by atoms with Gasteiger partial charge in [-0.15, -0.1) is 11.3 Å². The molecule has 1 aliphatic rings. The molecule has 0 aliphatic heterocycles. The Hall–Kier alpha value is -1.13. The number of nitrogens with zero attached hydrogens (tertiary/aromatic N) is 1. The van der Waals surface area contributed by atoms with Gasteiger partial charge in [0.25, 0.3) is 0 Å². The van der Waals surface area contributed by atoms with Gasteiger partial charge in [-0.3, -0.25) is 0 Å². The minimum atomic E-state index is 0.289. The summed E-state index contributed by atoms with van der Waals surface area (Å²) in [6.45, 7) is 1.22. The van der Waals surface area contributed by atoms with Crippen molar-refractivity contribution in [3.05, 3.63) is 23.7 Å². The van der Waals surface area contributed by atoms with Crippen molar-refractivity contribution in [1.82, 2.24) is 4.98 Å². The van der Waals surface area contributed by atoms with E-state index in [1.165, 1.54) is 22.9 Å². The van der Waals surface area contributed by atoms with Crippen LogP contribution in [-0.2, 0) is 0 Å². The van der Waals surface area contributed by atoms with Crippen LogP contribution in [0.15, 0.2) is 23.7 Å². The van der Waals surface area contributed by atoms with Crippen LogP contribution in [0.3, 0.4) is 0 Å². The molecule has 0 saturated heterocycles. The first-order valence-corrected chi connectivity index (χ1v) is 6.88. The van der Waals surface area contributed by atoms with E-state index in [1.54, 1.807) is 11.3 Å². The van der Waals surface area contributed by atoms with Crippen molar-refractivity contribution in [2.45, 2.75) is 19.3 Å². The Bertz CT molecular complexity index is 519. The molecule has 0 amide bonds. The first-order chi connectivity index (χ1) is 8.33. The minimum absolute atomic E-state index is 0.289. The van der Waals surface area contributed by atoms with Crippen molar-refractivity contribution in [2.75, 3.05) is 18.5 Å². The van der Waals surface area contributed by atoms with Gasteiger partial charge in [0.15, 0.2) is 0 Å². The number of aromatic nitrogens is 1. The normalized spacial score (nSPS) is 17.2. The number of nitrogens with one attached hydrogen (secondary N) is 1. The Morgan fingerprint density at radius 3 is 3.06 bits per heavy atom. The fourth-order valence-corrected chi connectivity index (χ4v) is 3.02. The van der Waals surface area contributed by atoms with E-state index in [0.717, 1.165) is 18.8 Å². The summed E-state index contributed by atoms with van der Waals surface area (Å²) < 4.78 is 1.27.